The fourth-order valence-electron chi connectivity index (χ4n) is 3.25. The van der Waals surface area contributed by atoms with E-state index in [0.29, 0.717) is 0 Å². The van der Waals surface area contributed by atoms with E-state index in [4.69, 9.17) is 0 Å². The predicted molar refractivity (Wildman–Crippen MR) is 82.2 cm³/mol. The summed E-state index contributed by atoms with van der Waals surface area (Å²) in [6.07, 6.45) is 5.92. The van der Waals surface area contributed by atoms with Crippen molar-refractivity contribution in [3.8, 4) is 0 Å². The van der Waals surface area contributed by atoms with Crippen LogP contribution in [0.2, 0.25) is 0 Å². The Morgan fingerprint density at radius 1 is 1.00 bits per heavy atom. The molecule has 1 saturated carbocycles. The van der Waals surface area contributed by atoms with Crippen molar-refractivity contribution in [1.29, 1.82) is 0 Å². The van der Waals surface area contributed by atoms with Crippen molar-refractivity contribution in [2.24, 2.45) is 0 Å². The number of benzene rings is 1. The molecule has 1 aliphatic carbocycles. The van der Waals surface area contributed by atoms with Crippen LogP contribution in [-0.4, -0.2) is 11.1 Å². The molecule has 1 N–H and O–H groups in total. The van der Waals surface area contributed by atoms with E-state index in [1.807, 2.05) is 12.1 Å². The number of carboxylic acid groups (broad SMARTS) is 1. The van der Waals surface area contributed by atoms with Crippen molar-refractivity contribution < 1.29 is 9.90 Å². The number of aliphatic carboxylic acids is 1. The van der Waals surface area contributed by atoms with Gasteiger partial charge in [0.25, 0.3) is 0 Å². The van der Waals surface area contributed by atoms with E-state index in [1.54, 1.807) is 0 Å². The van der Waals surface area contributed by atoms with Crippen LogP contribution in [0.5, 0.6) is 0 Å². The molecule has 0 spiro atoms. The Balaban J connectivity index is 2.37. The quantitative estimate of drug-likeness (QED) is 0.796. The monoisotopic (exact) mass is 274 g/mol. The molecular formula is C18H26O2. The molecule has 0 bridgehead atoms. The maximum Gasteiger partial charge on any atom is 0.314 e. The van der Waals surface area contributed by atoms with Crippen LogP contribution in [-0.2, 0) is 15.6 Å². The van der Waals surface area contributed by atoms with Crippen molar-refractivity contribution in [2.75, 3.05) is 0 Å². The zero-order chi connectivity index (χ0) is 14.8. The zero-order valence-corrected chi connectivity index (χ0v) is 12.9. The molecular weight excluding hydrogens is 248 g/mol. The highest BCUT2D eigenvalue weighted by Crippen LogP contribution is 2.39. The first-order valence-electron chi connectivity index (χ1n) is 7.71. The highest BCUT2D eigenvalue weighted by Gasteiger charge is 2.40. The van der Waals surface area contributed by atoms with E-state index in [0.717, 1.165) is 44.1 Å². The Bertz CT molecular complexity index is 457. The van der Waals surface area contributed by atoms with Crippen molar-refractivity contribution in [2.45, 2.75) is 70.1 Å². The van der Waals surface area contributed by atoms with E-state index in [-0.39, 0.29) is 5.41 Å². The van der Waals surface area contributed by atoms with Gasteiger partial charge in [0, 0.05) is 0 Å². The number of carbonyl (C=O) groups is 1. The van der Waals surface area contributed by atoms with Gasteiger partial charge in [-0.25, -0.2) is 0 Å². The maximum absolute atomic E-state index is 11.9. The summed E-state index contributed by atoms with van der Waals surface area (Å²) < 4.78 is 0. The number of hydrogen-bond acceptors (Lipinski definition) is 1. The second kappa shape index (κ2) is 5.59. The molecule has 0 saturated heterocycles. The van der Waals surface area contributed by atoms with Crippen LogP contribution in [0, 0.1) is 0 Å². The van der Waals surface area contributed by atoms with Crippen LogP contribution < -0.4 is 0 Å². The van der Waals surface area contributed by atoms with Gasteiger partial charge in [0.15, 0.2) is 0 Å². The topological polar surface area (TPSA) is 37.3 Å². The van der Waals surface area contributed by atoms with Gasteiger partial charge >= 0.3 is 5.97 Å². The van der Waals surface area contributed by atoms with Crippen molar-refractivity contribution in [3.63, 3.8) is 0 Å². The molecule has 2 heteroatoms. The van der Waals surface area contributed by atoms with Gasteiger partial charge in [-0.05, 0) is 29.4 Å². The van der Waals surface area contributed by atoms with Gasteiger partial charge in [0.1, 0.15) is 0 Å². The number of hydrogen-bond donors (Lipinski definition) is 1. The van der Waals surface area contributed by atoms with E-state index < -0.39 is 11.4 Å². The van der Waals surface area contributed by atoms with Crippen LogP contribution in [0.4, 0.5) is 0 Å². The van der Waals surface area contributed by atoms with Crippen molar-refractivity contribution in [1.82, 2.24) is 0 Å². The molecule has 1 aromatic rings. The molecule has 1 aromatic carbocycles. The summed E-state index contributed by atoms with van der Waals surface area (Å²) >= 11 is 0. The van der Waals surface area contributed by atoms with Gasteiger partial charge in [-0.15, -0.1) is 0 Å². The number of rotatable bonds is 2. The summed E-state index contributed by atoms with van der Waals surface area (Å²) in [6, 6.07) is 8.29. The Kier molecular flexibility index (Phi) is 4.22. The summed E-state index contributed by atoms with van der Waals surface area (Å²) in [6.45, 7) is 6.54. The van der Waals surface area contributed by atoms with E-state index in [9.17, 15) is 9.90 Å². The highest BCUT2D eigenvalue weighted by molar-refractivity contribution is 5.81. The third-order valence-electron chi connectivity index (χ3n) is 4.67. The van der Waals surface area contributed by atoms with E-state index in [2.05, 4.69) is 32.9 Å². The third-order valence-corrected chi connectivity index (χ3v) is 4.67. The van der Waals surface area contributed by atoms with E-state index in [1.165, 1.54) is 5.56 Å². The first-order valence-corrected chi connectivity index (χ1v) is 7.71. The highest BCUT2D eigenvalue weighted by atomic mass is 16.4. The molecule has 0 aromatic heterocycles. The Morgan fingerprint density at radius 3 is 1.90 bits per heavy atom. The smallest absolute Gasteiger partial charge is 0.314 e. The van der Waals surface area contributed by atoms with Gasteiger partial charge < -0.3 is 5.11 Å². The molecule has 0 aliphatic heterocycles. The van der Waals surface area contributed by atoms with Crippen LogP contribution in [0.15, 0.2) is 24.3 Å². The first-order chi connectivity index (χ1) is 9.36. The minimum atomic E-state index is -0.660. The van der Waals surface area contributed by atoms with Crippen LogP contribution in [0.3, 0.4) is 0 Å². The Morgan fingerprint density at radius 2 is 1.50 bits per heavy atom. The fourth-order valence-corrected chi connectivity index (χ4v) is 3.25. The Hall–Kier alpha value is -1.31. The minimum Gasteiger partial charge on any atom is -0.481 e. The van der Waals surface area contributed by atoms with E-state index >= 15 is 0 Å². The third kappa shape index (κ3) is 2.89. The lowest BCUT2D eigenvalue weighted by Crippen LogP contribution is -2.35. The summed E-state index contributed by atoms with van der Waals surface area (Å²) in [5, 5.41) is 9.80. The van der Waals surface area contributed by atoms with Gasteiger partial charge in [0.05, 0.1) is 5.41 Å². The lowest BCUT2D eigenvalue weighted by molar-refractivity contribution is -0.144. The molecule has 2 nitrogen and oxygen atoms in total. The van der Waals surface area contributed by atoms with Gasteiger partial charge in [-0.3, -0.25) is 4.79 Å². The standard InChI is InChI=1S/C18H26O2/c1-17(2,3)14-8-10-15(11-9-14)18(16(19)20)12-6-4-5-7-13-18/h8-11H,4-7,12-13H2,1-3H3,(H,19,20). The van der Waals surface area contributed by atoms with Crippen LogP contribution >= 0.6 is 0 Å². The molecule has 1 aliphatic rings. The summed E-state index contributed by atoms with van der Waals surface area (Å²) in [7, 11) is 0. The summed E-state index contributed by atoms with van der Waals surface area (Å²) in [4.78, 5) is 11.9. The largest absolute Gasteiger partial charge is 0.481 e. The van der Waals surface area contributed by atoms with Crippen molar-refractivity contribution >= 4 is 5.97 Å². The van der Waals surface area contributed by atoms with Gasteiger partial charge in [0.2, 0.25) is 0 Å². The zero-order valence-electron chi connectivity index (χ0n) is 12.9. The molecule has 0 unspecified atom stereocenters. The summed E-state index contributed by atoms with van der Waals surface area (Å²) in [5.41, 5.74) is 1.70. The first kappa shape index (κ1) is 15.1. The Labute approximate surface area is 122 Å². The molecule has 0 amide bonds. The summed E-state index contributed by atoms with van der Waals surface area (Å²) in [5.74, 6) is -0.650. The molecule has 0 heterocycles. The second-order valence-corrected chi connectivity index (χ2v) is 7.13. The van der Waals surface area contributed by atoms with Crippen LogP contribution in [0.25, 0.3) is 0 Å². The second-order valence-electron chi connectivity index (χ2n) is 7.13. The molecule has 20 heavy (non-hydrogen) atoms. The minimum absolute atomic E-state index is 0.109. The maximum atomic E-state index is 11.9. The SMILES string of the molecule is CC(C)(C)c1ccc(C2(C(=O)O)CCCCCC2)cc1. The molecule has 0 atom stereocenters. The normalized spacial score (nSPS) is 19.4. The lowest BCUT2D eigenvalue weighted by Gasteiger charge is -2.29. The lowest BCUT2D eigenvalue weighted by atomic mass is 9.73. The number of carboxylic acids is 1. The molecule has 2 rings (SSSR count). The van der Waals surface area contributed by atoms with Crippen molar-refractivity contribution in [3.05, 3.63) is 35.4 Å². The predicted octanol–water partition coefficient (Wildman–Crippen LogP) is 4.66. The molecule has 110 valence electrons. The average molecular weight is 274 g/mol. The van der Waals surface area contributed by atoms with Crippen LogP contribution in [0.1, 0.15) is 70.4 Å². The van der Waals surface area contributed by atoms with Gasteiger partial charge in [-0.1, -0.05) is 70.7 Å². The molecule has 1 fully saturated rings. The fraction of sp³-hybridized carbons (Fsp3) is 0.611. The van der Waals surface area contributed by atoms with Gasteiger partial charge in [-0.2, -0.15) is 0 Å². The molecule has 0 radical (unpaired) electrons. The average Bonchev–Trinajstić information content (AvgIpc) is 2.64.